The summed E-state index contributed by atoms with van der Waals surface area (Å²) in [4.78, 5) is 27.1. The van der Waals surface area contributed by atoms with Crippen LogP contribution in [0, 0.1) is 6.92 Å². The Morgan fingerprint density at radius 2 is 2.10 bits per heavy atom. The Morgan fingerprint density at radius 1 is 1.40 bits per heavy atom. The number of nitrogens with one attached hydrogen (secondary N) is 2. The molecule has 2 aromatic heterocycles. The van der Waals surface area contributed by atoms with Gasteiger partial charge in [-0.1, -0.05) is 13.8 Å². The van der Waals surface area contributed by atoms with Gasteiger partial charge in [-0.2, -0.15) is 4.37 Å². The number of aryl methyl sites for hydroxylation is 1. The molecule has 0 spiro atoms. The van der Waals surface area contributed by atoms with E-state index in [2.05, 4.69) is 24.9 Å². The first-order valence-corrected chi connectivity index (χ1v) is 6.60. The third-order valence-electron chi connectivity index (χ3n) is 2.56. The predicted molar refractivity (Wildman–Crippen MR) is 72.2 cm³/mol. The molecule has 0 atom stereocenters. The molecule has 0 aliphatic heterocycles. The summed E-state index contributed by atoms with van der Waals surface area (Å²) >= 11 is 0.912. The molecular weight excluding hydrogens is 282 g/mol. The van der Waals surface area contributed by atoms with Gasteiger partial charge >= 0.3 is 5.97 Å². The van der Waals surface area contributed by atoms with Gasteiger partial charge in [-0.05, 0) is 18.5 Å². The van der Waals surface area contributed by atoms with Crippen molar-refractivity contribution >= 4 is 28.4 Å². The molecule has 9 heteroatoms. The van der Waals surface area contributed by atoms with Crippen molar-refractivity contribution in [1.29, 1.82) is 0 Å². The number of carbonyl (C=O) groups is 2. The molecule has 1 amide bonds. The number of aromatic carboxylic acids is 1. The number of hydrogen-bond donors (Lipinski definition) is 3. The fourth-order valence-corrected chi connectivity index (χ4v) is 2.28. The maximum Gasteiger partial charge on any atom is 0.340 e. The van der Waals surface area contributed by atoms with Gasteiger partial charge in [-0.15, -0.1) is 5.10 Å². The van der Waals surface area contributed by atoms with Crippen LogP contribution in [0.3, 0.4) is 0 Å². The van der Waals surface area contributed by atoms with E-state index >= 15 is 0 Å². The van der Waals surface area contributed by atoms with Crippen LogP contribution >= 0.6 is 11.5 Å². The lowest BCUT2D eigenvalue weighted by atomic mass is 10.2. The minimum absolute atomic E-state index is 0.0111. The second-order valence-corrected chi connectivity index (χ2v) is 5.20. The zero-order valence-electron chi connectivity index (χ0n) is 11.1. The zero-order valence-corrected chi connectivity index (χ0v) is 11.9. The first-order valence-electron chi connectivity index (χ1n) is 5.83. The van der Waals surface area contributed by atoms with Crippen molar-refractivity contribution in [3.05, 3.63) is 22.9 Å². The maximum atomic E-state index is 12.0. The number of anilines is 1. The molecule has 0 aliphatic carbocycles. The highest BCUT2D eigenvalue weighted by atomic mass is 32.1. The van der Waals surface area contributed by atoms with Crippen LogP contribution in [0.1, 0.15) is 52.3 Å². The first kappa shape index (κ1) is 14.1. The highest BCUT2D eigenvalue weighted by molar-refractivity contribution is 7.11. The van der Waals surface area contributed by atoms with Gasteiger partial charge in [0.2, 0.25) is 5.82 Å². The minimum Gasteiger partial charge on any atom is -0.478 e. The van der Waals surface area contributed by atoms with Crippen molar-refractivity contribution in [2.75, 3.05) is 5.32 Å². The fraction of sp³-hybridized carbons (Fsp3) is 0.364. The largest absolute Gasteiger partial charge is 0.478 e. The molecule has 2 rings (SSSR count). The molecule has 0 aliphatic rings. The molecule has 0 unspecified atom stereocenters. The number of hydrogen-bond acceptors (Lipinski definition) is 6. The van der Waals surface area contributed by atoms with E-state index in [0.29, 0.717) is 11.5 Å². The summed E-state index contributed by atoms with van der Waals surface area (Å²) in [6.07, 6.45) is 0. The monoisotopic (exact) mass is 295 g/mol. The Bertz CT molecular complexity index is 661. The second-order valence-electron chi connectivity index (χ2n) is 4.43. The van der Waals surface area contributed by atoms with E-state index in [9.17, 15) is 9.59 Å². The predicted octanol–water partition coefficient (Wildman–Crippen LogP) is 1.64. The highest BCUT2D eigenvalue weighted by Crippen LogP contribution is 2.24. The number of H-pyrrole nitrogens is 1. The molecular formula is C11H13N5O3S. The number of amides is 1. The van der Waals surface area contributed by atoms with E-state index in [1.165, 1.54) is 0 Å². The lowest BCUT2D eigenvalue weighted by molar-refractivity contribution is 0.0697. The molecule has 0 fully saturated rings. The van der Waals surface area contributed by atoms with E-state index in [0.717, 1.165) is 11.5 Å². The number of aromatic amines is 1. The average Bonchev–Trinajstić information content (AvgIpc) is 2.96. The van der Waals surface area contributed by atoms with Gasteiger partial charge in [0.05, 0.1) is 5.69 Å². The van der Waals surface area contributed by atoms with Gasteiger partial charge in [0, 0.05) is 5.92 Å². The Morgan fingerprint density at radius 3 is 2.65 bits per heavy atom. The molecule has 2 aromatic rings. The standard InChI is InChI=1S/C11H13N5O3S/c1-4(2)7-12-8(15-14-7)9(17)13-10-6(11(18)19)5(3)16-20-10/h4H,1-3H3,(H,13,17)(H,18,19)(H,12,14,15). The summed E-state index contributed by atoms with van der Waals surface area (Å²) in [5.41, 5.74) is 0.346. The SMILES string of the molecule is Cc1nsc(NC(=O)c2n[nH]c(C(C)C)n2)c1C(=O)O. The van der Waals surface area contributed by atoms with Gasteiger partial charge in [0.15, 0.2) is 0 Å². The maximum absolute atomic E-state index is 12.0. The van der Waals surface area contributed by atoms with E-state index in [-0.39, 0.29) is 22.3 Å². The van der Waals surface area contributed by atoms with Gasteiger partial charge in [-0.3, -0.25) is 9.89 Å². The second kappa shape index (κ2) is 5.37. The molecule has 8 nitrogen and oxygen atoms in total. The lowest BCUT2D eigenvalue weighted by Gasteiger charge is -2.00. The van der Waals surface area contributed by atoms with Crippen molar-refractivity contribution in [3.63, 3.8) is 0 Å². The minimum atomic E-state index is -1.13. The molecule has 0 radical (unpaired) electrons. The Labute approximate surface area is 118 Å². The summed E-state index contributed by atoms with van der Waals surface area (Å²) < 4.78 is 3.92. The van der Waals surface area contributed by atoms with Crippen LogP contribution < -0.4 is 5.32 Å². The summed E-state index contributed by atoms with van der Waals surface area (Å²) in [6, 6.07) is 0. The smallest absolute Gasteiger partial charge is 0.340 e. The summed E-state index contributed by atoms with van der Waals surface area (Å²) in [6.45, 7) is 5.40. The van der Waals surface area contributed by atoms with E-state index in [4.69, 9.17) is 5.11 Å². The van der Waals surface area contributed by atoms with Crippen molar-refractivity contribution in [1.82, 2.24) is 19.6 Å². The number of nitrogens with zero attached hydrogens (tertiary/aromatic N) is 3. The molecule has 20 heavy (non-hydrogen) atoms. The Kier molecular flexibility index (Phi) is 3.79. The molecule has 0 saturated carbocycles. The fourth-order valence-electron chi connectivity index (χ4n) is 1.50. The van der Waals surface area contributed by atoms with E-state index in [1.807, 2.05) is 13.8 Å². The van der Waals surface area contributed by atoms with Gasteiger partial charge < -0.3 is 10.4 Å². The van der Waals surface area contributed by atoms with Crippen LogP contribution in [0.5, 0.6) is 0 Å². The molecule has 0 bridgehead atoms. The summed E-state index contributed by atoms with van der Waals surface area (Å²) in [7, 11) is 0. The molecule has 0 aromatic carbocycles. The molecule has 2 heterocycles. The lowest BCUT2D eigenvalue weighted by Crippen LogP contribution is -2.15. The van der Waals surface area contributed by atoms with Crippen LogP contribution in [0.15, 0.2) is 0 Å². The Balaban J connectivity index is 2.21. The number of carbonyl (C=O) groups excluding carboxylic acids is 1. The zero-order chi connectivity index (χ0) is 14.9. The van der Waals surface area contributed by atoms with E-state index < -0.39 is 11.9 Å². The highest BCUT2D eigenvalue weighted by Gasteiger charge is 2.21. The average molecular weight is 295 g/mol. The van der Waals surface area contributed by atoms with Crippen molar-refractivity contribution in [2.24, 2.45) is 0 Å². The number of carboxylic acids is 1. The summed E-state index contributed by atoms with van der Waals surface area (Å²) in [5.74, 6) is -1.03. The van der Waals surface area contributed by atoms with Crippen molar-refractivity contribution in [3.8, 4) is 0 Å². The van der Waals surface area contributed by atoms with Crippen LogP contribution in [0.25, 0.3) is 0 Å². The third kappa shape index (κ3) is 2.67. The molecule has 3 N–H and O–H groups in total. The van der Waals surface area contributed by atoms with Crippen LogP contribution in [0.4, 0.5) is 5.00 Å². The van der Waals surface area contributed by atoms with Gasteiger partial charge in [-0.25, -0.2) is 9.78 Å². The molecule has 106 valence electrons. The number of carboxylic acid groups (broad SMARTS) is 1. The number of rotatable bonds is 4. The van der Waals surface area contributed by atoms with Crippen molar-refractivity contribution in [2.45, 2.75) is 26.7 Å². The molecule has 0 saturated heterocycles. The van der Waals surface area contributed by atoms with Gasteiger partial charge in [0.25, 0.3) is 5.91 Å². The van der Waals surface area contributed by atoms with Crippen LogP contribution in [-0.4, -0.2) is 36.5 Å². The van der Waals surface area contributed by atoms with Crippen LogP contribution in [0.2, 0.25) is 0 Å². The van der Waals surface area contributed by atoms with Crippen LogP contribution in [-0.2, 0) is 0 Å². The van der Waals surface area contributed by atoms with E-state index in [1.54, 1.807) is 6.92 Å². The third-order valence-corrected chi connectivity index (χ3v) is 3.41. The quantitative estimate of drug-likeness (QED) is 0.788. The van der Waals surface area contributed by atoms with Gasteiger partial charge in [0.1, 0.15) is 16.4 Å². The number of aromatic nitrogens is 4. The van der Waals surface area contributed by atoms with Crippen molar-refractivity contribution < 1.29 is 14.7 Å². The normalized spacial score (nSPS) is 10.8. The topological polar surface area (TPSA) is 121 Å². The Hall–Kier alpha value is -2.29. The first-order chi connectivity index (χ1) is 9.40. The summed E-state index contributed by atoms with van der Waals surface area (Å²) in [5, 5.41) is 18.2.